The van der Waals surface area contributed by atoms with Gasteiger partial charge in [-0.25, -0.2) is 9.37 Å². The molecule has 0 unspecified atom stereocenters. The van der Waals surface area contributed by atoms with Crippen LogP contribution in [-0.2, 0) is 11.4 Å². The third-order valence-electron chi connectivity index (χ3n) is 2.56. The zero-order valence-electron chi connectivity index (χ0n) is 9.89. The SMILES string of the molecule is CC(C)(C)n1c(CCl)nc2cc(I)c(F)cc21. The molecule has 0 amide bonds. The summed E-state index contributed by atoms with van der Waals surface area (Å²) < 4.78 is 16.2. The van der Waals surface area contributed by atoms with Crippen molar-refractivity contribution in [3.63, 3.8) is 0 Å². The molecule has 0 aliphatic heterocycles. The Balaban J connectivity index is 2.84. The van der Waals surface area contributed by atoms with Crippen LogP contribution >= 0.6 is 34.2 Å². The predicted octanol–water partition coefficient (Wildman–Crippen LogP) is 4.27. The van der Waals surface area contributed by atoms with Crippen molar-refractivity contribution in [2.45, 2.75) is 32.2 Å². The van der Waals surface area contributed by atoms with Gasteiger partial charge in [-0.2, -0.15) is 0 Å². The molecule has 92 valence electrons. The second-order valence-corrected chi connectivity index (χ2v) is 6.35. The molecule has 0 radical (unpaired) electrons. The minimum absolute atomic E-state index is 0.168. The van der Waals surface area contributed by atoms with Crippen molar-refractivity contribution in [2.75, 3.05) is 0 Å². The smallest absolute Gasteiger partial charge is 0.138 e. The molecule has 2 rings (SSSR count). The summed E-state index contributed by atoms with van der Waals surface area (Å²) in [7, 11) is 0. The van der Waals surface area contributed by atoms with Gasteiger partial charge in [-0.15, -0.1) is 11.6 Å². The first-order chi connectivity index (χ1) is 7.84. The molecule has 2 aromatic rings. The molecule has 17 heavy (non-hydrogen) atoms. The van der Waals surface area contributed by atoms with Crippen LogP contribution in [0, 0.1) is 9.39 Å². The maximum absolute atomic E-state index is 13.6. The lowest BCUT2D eigenvalue weighted by molar-refractivity contribution is 0.398. The van der Waals surface area contributed by atoms with E-state index >= 15 is 0 Å². The highest BCUT2D eigenvalue weighted by molar-refractivity contribution is 14.1. The Labute approximate surface area is 118 Å². The number of alkyl halides is 1. The zero-order valence-corrected chi connectivity index (χ0v) is 12.8. The Morgan fingerprint density at radius 3 is 2.59 bits per heavy atom. The van der Waals surface area contributed by atoms with Crippen LogP contribution in [0.3, 0.4) is 0 Å². The van der Waals surface area contributed by atoms with E-state index in [2.05, 4.69) is 25.8 Å². The maximum atomic E-state index is 13.6. The van der Waals surface area contributed by atoms with Crippen LogP contribution in [0.15, 0.2) is 12.1 Å². The van der Waals surface area contributed by atoms with Gasteiger partial charge in [0.1, 0.15) is 11.6 Å². The van der Waals surface area contributed by atoms with Gasteiger partial charge < -0.3 is 4.57 Å². The van der Waals surface area contributed by atoms with Crippen molar-refractivity contribution in [1.29, 1.82) is 0 Å². The molecule has 0 saturated heterocycles. The largest absolute Gasteiger partial charge is 0.321 e. The maximum Gasteiger partial charge on any atom is 0.138 e. The van der Waals surface area contributed by atoms with Crippen LogP contribution in [0.1, 0.15) is 26.6 Å². The van der Waals surface area contributed by atoms with E-state index in [-0.39, 0.29) is 11.4 Å². The minimum Gasteiger partial charge on any atom is -0.321 e. The van der Waals surface area contributed by atoms with Crippen LogP contribution in [0.4, 0.5) is 4.39 Å². The summed E-state index contributed by atoms with van der Waals surface area (Å²) in [6.07, 6.45) is 0. The third kappa shape index (κ3) is 2.29. The molecule has 0 spiro atoms. The topological polar surface area (TPSA) is 17.8 Å². The highest BCUT2D eigenvalue weighted by Crippen LogP contribution is 2.28. The van der Waals surface area contributed by atoms with Gasteiger partial charge in [0.05, 0.1) is 20.5 Å². The van der Waals surface area contributed by atoms with Gasteiger partial charge in [0.2, 0.25) is 0 Å². The van der Waals surface area contributed by atoms with Crippen LogP contribution in [-0.4, -0.2) is 9.55 Å². The van der Waals surface area contributed by atoms with Crippen molar-refractivity contribution < 1.29 is 4.39 Å². The Morgan fingerprint density at radius 1 is 1.41 bits per heavy atom. The molecule has 1 aromatic carbocycles. The number of nitrogens with zero attached hydrogens (tertiary/aromatic N) is 2. The summed E-state index contributed by atoms with van der Waals surface area (Å²) >= 11 is 7.88. The molecule has 0 aliphatic rings. The van der Waals surface area contributed by atoms with E-state index in [0.29, 0.717) is 9.45 Å². The fraction of sp³-hybridized carbons (Fsp3) is 0.417. The van der Waals surface area contributed by atoms with Gasteiger partial charge in [-0.1, -0.05) is 0 Å². The number of hydrogen-bond acceptors (Lipinski definition) is 1. The normalized spacial score (nSPS) is 12.4. The van der Waals surface area contributed by atoms with E-state index in [9.17, 15) is 4.39 Å². The summed E-state index contributed by atoms with van der Waals surface area (Å²) in [4.78, 5) is 4.46. The van der Waals surface area contributed by atoms with Crippen LogP contribution < -0.4 is 0 Å². The van der Waals surface area contributed by atoms with E-state index in [4.69, 9.17) is 11.6 Å². The van der Waals surface area contributed by atoms with Crippen LogP contribution in [0.5, 0.6) is 0 Å². The van der Waals surface area contributed by atoms with Crippen molar-refractivity contribution in [3.8, 4) is 0 Å². The highest BCUT2D eigenvalue weighted by atomic mass is 127. The highest BCUT2D eigenvalue weighted by Gasteiger charge is 2.21. The average Bonchev–Trinajstić information content (AvgIpc) is 2.56. The van der Waals surface area contributed by atoms with E-state index in [1.807, 2.05) is 27.2 Å². The van der Waals surface area contributed by atoms with Crippen molar-refractivity contribution >= 4 is 45.2 Å². The van der Waals surface area contributed by atoms with Crippen molar-refractivity contribution in [1.82, 2.24) is 9.55 Å². The van der Waals surface area contributed by atoms with Crippen molar-refractivity contribution in [3.05, 3.63) is 27.3 Å². The quantitative estimate of drug-likeness (QED) is 0.544. The van der Waals surface area contributed by atoms with E-state index in [0.717, 1.165) is 16.9 Å². The molecule has 1 heterocycles. The molecule has 0 atom stereocenters. The second-order valence-electron chi connectivity index (χ2n) is 4.92. The summed E-state index contributed by atoms with van der Waals surface area (Å²) in [5, 5.41) is 0. The second kappa shape index (κ2) is 4.39. The van der Waals surface area contributed by atoms with Crippen LogP contribution in [0.25, 0.3) is 11.0 Å². The fourth-order valence-corrected chi connectivity index (χ4v) is 2.59. The summed E-state index contributed by atoms with van der Waals surface area (Å²) in [5.74, 6) is 0.879. The van der Waals surface area contributed by atoms with Gasteiger partial charge in [0.25, 0.3) is 0 Å². The minimum atomic E-state index is -0.218. The number of imidazole rings is 1. The molecule has 0 N–H and O–H groups in total. The molecule has 0 bridgehead atoms. The molecule has 2 nitrogen and oxygen atoms in total. The third-order valence-corrected chi connectivity index (χ3v) is 3.62. The first-order valence-electron chi connectivity index (χ1n) is 5.27. The number of aromatic nitrogens is 2. The molecule has 0 fully saturated rings. The van der Waals surface area contributed by atoms with E-state index < -0.39 is 0 Å². The summed E-state index contributed by atoms with van der Waals surface area (Å²) in [6, 6.07) is 3.29. The number of rotatable bonds is 1. The fourth-order valence-electron chi connectivity index (χ4n) is 1.96. The number of halogens is 3. The zero-order chi connectivity index (χ0) is 12.8. The van der Waals surface area contributed by atoms with E-state index in [1.54, 1.807) is 6.07 Å². The average molecular weight is 367 g/mol. The Kier molecular flexibility index (Phi) is 3.38. The molecule has 0 aliphatic carbocycles. The lowest BCUT2D eigenvalue weighted by atomic mass is 10.1. The summed E-state index contributed by atoms with van der Waals surface area (Å²) in [5.41, 5.74) is 1.42. The Morgan fingerprint density at radius 2 is 2.06 bits per heavy atom. The molecule has 1 aromatic heterocycles. The van der Waals surface area contributed by atoms with Crippen molar-refractivity contribution in [2.24, 2.45) is 0 Å². The monoisotopic (exact) mass is 366 g/mol. The number of hydrogen-bond donors (Lipinski definition) is 0. The Bertz CT molecular complexity index is 572. The van der Waals surface area contributed by atoms with Gasteiger partial charge >= 0.3 is 0 Å². The standard InChI is InChI=1S/C12H13ClFIN2/c1-12(2,3)17-10-4-7(14)8(15)5-9(10)16-11(17)6-13/h4-5H,6H2,1-3H3. The van der Waals surface area contributed by atoms with E-state index in [1.165, 1.54) is 6.07 Å². The first kappa shape index (κ1) is 13.1. The molecule has 5 heteroatoms. The first-order valence-corrected chi connectivity index (χ1v) is 6.88. The molecular weight excluding hydrogens is 354 g/mol. The number of fused-ring (bicyclic) bond motifs is 1. The van der Waals surface area contributed by atoms with Gasteiger partial charge in [0, 0.05) is 11.6 Å². The lowest BCUT2D eigenvalue weighted by Crippen LogP contribution is -2.23. The number of benzene rings is 1. The Hall–Kier alpha value is -0.360. The molecular formula is C12H13ClFIN2. The summed E-state index contributed by atoms with van der Waals surface area (Å²) in [6.45, 7) is 6.17. The lowest BCUT2D eigenvalue weighted by Gasteiger charge is -2.24. The van der Waals surface area contributed by atoms with Gasteiger partial charge in [-0.3, -0.25) is 0 Å². The van der Waals surface area contributed by atoms with Gasteiger partial charge in [0.15, 0.2) is 0 Å². The van der Waals surface area contributed by atoms with Gasteiger partial charge in [-0.05, 0) is 49.4 Å². The van der Waals surface area contributed by atoms with Crippen LogP contribution in [0.2, 0.25) is 0 Å². The molecule has 0 saturated carbocycles. The predicted molar refractivity (Wildman–Crippen MR) is 77.0 cm³/mol.